The van der Waals surface area contributed by atoms with Crippen LogP contribution in [-0.2, 0) is 9.59 Å². The van der Waals surface area contributed by atoms with Crippen molar-refractivity contribution in [3.05, 3.63) is 23.4 Å². The van der Waals surface area contributed by atoms with Gasteiger partial charge in [0.15, 0.2) is 0 Å². The molecule has 0 aromatic carbocycles. The highest BCUT2D eigenvalue weighted by Crippen LogP contribution is 2.12. The predicted molar refractivity (Wildman–Crippen MR) is 72.4 cm³/mol. The molecule has 1 aromatic heterocycles. The Balaban J connectivity index is 2.62. The van der Waals surface area contributed by atoms with Crippen LogP contribution in [0, 0.1) is 0 Å². The Morgan fingerprint density at radius 3 is 2.58 bits per heavy atom. The molecule has 0 aliphatic heterocycles. The van der Waals surface area contributed by atoms with Crippen LogP contribution in [-0.4, -0.2) is 41.1 Å². The first-order valence-corrected chi connectivity index (χ1v) is 5.97. The lowest BCUT2D eigenvalue weighted by atomic mass is 10.1. The molecule has 1 heterocycles. The molecule has 1 amide bonds. The molecule has 0 spiro atoms. The highest BCUT2D eigenvalue weighted by molar-refractivity contribution is 6.30. The number of pyridine rings is 1. The van der Waals surface area contributed by atoms with Crippen LogP contribution >= 0.6 is 11.6 Å². The van der Waals surface area contributed by atoms with Crippen LogP contribution in [0.15, 0.2) is 18.3 Å². The monoisotopic (exact) mass is 285 g/mol. The summed E-state index contributed by atoms with van der Waals surface area (Å²) in [7, 11) is 1.68. The third-order valence-corrected chi connectivity index (χ3v) is 2.69. The molecule has 0 radical (unpaired) electrons. The first-order chi connectivity index (χ1) is 8.72. The van der Waals surface area contributed by atoms with Crippen molar-refractivity contribution in [3.63, 3.8) is 0 Å². The molecule has 0 fully saturated rings. The normalized spacial score (nSPS) is 10.9. The fourth-order valence-corrected chi connectivity index (χ4v) is 1.44. The van der Waals surface area contributed by atoms with Crippen molar-refractivity contribution in [2.75, 3.05) is 18.5 Å². The second-order valence-electron chi connectivity index (χ2n) is 4.67. The van der Waals surface area contributed by atoms with Crippen LogP contribution in [0.5, 0.6) is 0 Å². The summed E-state index contributed by atoms with van der Waals surface area (Å²) in [5, 5.41) is 11.9. The number of carbonyl (C=O) groups excluding carboxylic acids is 1. The third-order valence-electron chi connectivity index (χ3n) is 2.47. The third kappa shape index (κ3) is 4.40. The Kier molecular flexibility index (Phi) is 4.72. The van der Waals surface area contributed by atoms with Gasteiger partial charge in [0.05, 0.1) is 11.6 Å². The zero-order valence-electron chi connectivity index (χ0n) is 11.0. The van der Waals surface area contributed by atoms with Gasteiger partial charge in [-0.15, -0.1) is 0 Å². The van der Waals surface area contributed by atoms with E-state index in [1.165, 1.54) is 20.0 Å². The lowest BCUT2D eigenvalue weighted by molar-refractivity contribution is -0.145. The van der Waals surface area contributed by atoms with Gasteiger partial charge in [0.25, 0.3) is 0 Å². The van der Waals surface area contributed by atoms with E-state index in [4.69, 9.17) is 16.7 Å². The van der Waals surface area contributed by atoms with E-state index in [1.54, 1.807) is 24.1 Å². The van der Waals surface area contributed by atoms with Gasteiger partial charge in [0.1, 0.15) is 11.4 Å². The van der Waals surface area contributed by atoms with Crippen molar-refractivity contribution >= 4 is 29.3 Å². The SMILES string of the molecule is CN(CC(=O)NC(C)(C)C(=O)O)c1ccc(Cl)cn1. The molecular weight excluding hydrogens is 270 g/mol. The molecule has 0 unspecified atom stereocenters. The van der Waals surface area contributed by atoms with E-state index in [0.717, 1.165) is 0 Å². The van der Waals surface area contributed by atoms with Gasteiger partial charge in [-0.05, 0) is 26.0 Å². The fraction of sp³-hybridized carbons (Fsp3) is 0.417. The van der Waals surface area contributed by atoms with Crippen molar-refractivity contribution in [3.8, 4) is 0 Å². The Morgan fingerprint density at radius 1 is 1.47 bits per heavy atom. The van der Waals surface area contributed by atoms with Gasteiger partial charge in [0, 0.05) is 13.2 Å². The summed E-state index contributed by atoms with van der Waals surface area (Å²) < 4.78 is 0. The summed E-state index contributed by atoms with van der Waals surface area (Å²) in [6, 6.07) is 3.34. The number of nitrogens with zero attached hydrogens (tertiary/aromatic N) is 2. The fourth-order valence-electron chi connectivity index (χ4n) is 1.33. The molecule has 7 heteroatoms. The zero-order valence-corrected chi connectivity index (χ0v) is 11.7. The number of likely N-dealkylation sites (N-methyl/N-ethyl adjacent to an activating group) is 1. The van der Waals surface area contributed by atoms with Gasteiger partial charge in [-0.1, -0.05) is 11.6 Å². The van der Waals surface area contributed by atoms with Crippen molar-refractivity contribution in [2.45, 2.75) is 19.4 Å². The molecule has 2 N–H and O–H groups in total. The highest BCUT2D eigenvalue weighted by Gasteiger charge is 2.29. The minimum absolute atomic E-state index is 0.00530. The lowest BCUT2D eigenvalue weighted by Crippen LogP contribution is -2.52. The molecule has 1 aromatic rings. The van der Waals surface area contributed by atoms with Gasteiger partial charge in [-0.25, -0.2) is 9.78 Å². The molecule has 0 aliphatic carbocycles. The summed E-state index contributed by atoms with van der Waals surface area (Å²) in [6.07, 6.45) is 1.48. The maximum atomic E-state index is 11.7. The van der Waals surface area contributed by atoms with Crippen LogP contribution in [0.4, 0.5) is 5.82 Å². The van der Waals surface area contributed by atoms with E-state index >= 15 is 0 Å². The Hall–Kier alpha value is -1.82. The second-order valence-corrected chi connectivity index (χ2v) is 5.11. The van der Waals surface area contributed by atoms with E-state index in [-0.39, 0.29) is 6.54 Å². The number of amides is 1. The molecule has 6 nitrogen and oxygen atoms in total. The summed E-state index contributed by atoms with van der Waals surface area (Å²) in [5.41, 5.74) is -1.30. The van der Waals surface area contributed by atoms with E-state index in [2.05, 4.69) is 10.3 Å². The van der Waals surface area contributed by atoms with Gasteiger partial charge in [0.2, 0.25) is 5.91 Å². The average Bonchev–Trinajstić information content (AvgIpc) is 2.28. The molecule has 0 aliphatic rings. The van der Waals surface area contributed by atoms with Crippen LogP contribution in [0.25, 0.3) is 0 Å². The quantitative estimate of drug-likeness (QED) is 0.848. The molecule has 0 bridgehead atoms. The number of carbonyl (C=O) groups is 2. The number of carboxylic acids is 1. The molecule has 0 saturated carbocycles. The molecule has 0 atom stereocenters. The highest BCUT2D eigenvalue weighted by atomic mass is 35.5. The lowest BCUT2D eigenvalue weighted by Gasteiger charge is -2.23. The first-order valence-electron chi connectivity index (χ1n) is 5.59. The Labute approximate surface area is 116 Å². The Morgan fingerprint density at radius 2 is 2.11 bits per heavy atom. The smallest absolute Gasteiger partial charge is 0.328 e. The minimum atomic E-state index is -1.30. The summed E-state index contributed by atoms with van der Waals surface area (Å²) >= 11 is 5.72. The van der Waals surface area contributed by atoms with E-state index < -0.39 is 17.4 Å². The molecule has 19 heavy (non-hydrogen) atoms. The number of rotatable bonds is 5. The van der Waals surface area contributed by atoms with Crippen LogP contribution in [0.1, 0.15) is 13.8 Å². The summed E-state index contributed by atoms with van der Waals surface area (Å²) in [4.78, 5) is 28.3. The van der Waals surface area contributed by atoms with E-state index in [1.807, 2.05) is 0 Å². The number of hydrogen-bond donors (Lipinski definition) is 2. The topological polar surface area (TPSA) is 82.5 Å². The standard InChI is InChI=1S/C12H16ClN3O3/c1-12(2,11(18)19)15-10(17)7-16(3)9-5-4-8(13)6-14-9/h4-6H,7H2,1-3H3,(H,15,17)(H,18,19). The van der Waals surface area contributed by atoms with Gasteiger partial charge < -0.3 is 15.3 Å². The number of carboxylic acid groups (broad SMARTS) is 1. The number of hydrogen-bond acceptors (Lipinski definition) is 4. The summed E-state index contributed by atoms with van der Waals surface area (Å²) in [6.45, 7) is 2.85. The van der Waals surface area contributed by atoms with E-state index in [9.17, 15) is 9.59 Å². The van der Waals surface area contributed by atoms with Crippen molar-refractivity contribution in [1.82, 2.24) is 10.3 Å². The number of aliphatic carboxylic acids is 1. The van der Waals surface area contributed by atoms with E-state index in [0.29, 0.717) is 10.8 Å². The van der Waals surface area contributed by atoms with Crippen molar-refractivity contribution < 1.29 is 14.7 Å². The van der Waals surface area contributed by atoms with Gasteiger partial charge in [-0.2, -0.15) is 0 Å². The number of nitrogens with one attached hydrogen (secondary N) is 1. The maximum Gasteiger partial charge on any atom is 0.328 e. The van der Waals surface area contributed by atoms with Gasteiger partial charge in [-0.3, -0.25) is 4.79 Å². The Bertz CT molecular complexity index is 474. The van der Waals surface area contributed by atoms with Gasteiger partial charge >= 0.3 is 5.97 Å². The number of anilines is 1. The molecule has 1 rings (SSSR count). The number of aromatic nitrogens is 1. The zero-order chi connectivity index (χ0) is 14.6. The summed E-state index contributed by atoms with van der Waals surface area (Å²) in [5.74, 6) is -0.910. The van der Waals surface area contributed by atoms with Crippen molar-refractivity contribution in [2.24, 2.45) is 0 Å². The molecule has 104 valence electrons. The van der Waals surface area contributed by atoms with Crippen LogP contribution in [0.2, 0.25) is 5.02 Å². The van der Waals surface area contributed by atoms with Crippen LogP contribution < -0.4 is 10.2 Å². The number of halogens is 1. The average molecular weight is 286 g/mol. The first kappa shape index (κ1) is 15.2. The molecular formula is C12H16ClN3O3. The minimum Gasteiger partial charge on any atom is -0.480 e. The maximum absolute atomic E-state index is 11.7. The van der Waals surface area contributed by atoms with Crippen molar-refractivity contribution in [1.29, 1.82) is 0 Å². The van der Waals surface area contributed by atoms with Crippen LogP contribution in [0.3, 0.4) is 0 Å². The second kappa shape index (κ2) is 5.88. The predicted octanol–water partition coefficient (Wildman–Crippen LogP) is 1.15. The largest absolute Gasteiger partial charge is 0.480 e. The molecule has 0 saturated heterocycles.